The summed E-state index contributed by atoms with van der Waals surface area (Å²) in [5, 5.41) is 10.4. The van der Waals surface area contributed by atoms with Gasteiger partial charge in [-0.25, -0.2) is 4.58 Å². The molecule has 1 aromatic heterocycles. The van der Waals surface area contributed by atoms with Gasteiger partial charge in [0.2, 0.25) is 0 Å². The highest BCUT2D eigenvalue weighted by molar-refractivity contribution is 5.99. The number of aryl methyl sites for hydroxylation is 1. The molecule has 2 aliphatic heterocycles. The second-order valence-corrected chi connectivity index (χ2v) is 7.64. The Bertz CT molecular complexity index is 701. The van der Waals surface area contributed by atoms with Crippen molar-refractivity contribution in [2.24, 2.45) is 0 Å². The number of aliphatic hydroxyl groups excluding tert-OH is 1. The molecule has 172 valence electrons. The molecule has 0 aromatic carbocycles. The Morgan fingerprint density at radius 3 is 2.43 bits per heavy atom. The minimum atomic E-state index is -0.585. The molecule has 1 saturated heterocycles. The highest BCUT2D eigenvalue weighted by atomic mass is 35.5. The lowest BCUT2D eigenvalue weighted by Crippen LogP contribution is -3.00. The molecule has 30 heavy (non-hydrogen) atoms. The minimum Gasteiger partial charge on any atom is -1.00 e. The maximum absolute atomic E-state index is 12.9. The number of nitrogens with zero attached hydrogens (tertiary/aromatic N) is 3. The highest BCUT2D eigenvalue weighted by Gasteiger charge is 2.29. The van der Waals surface area contributed by atoms with E-state index in [-0.39, 0.29) is 30.7 Å². The number of aromatic amines is 1. The highest BCUT2D eigenvalue weighted by Crippen LogP contribution is 2.24. The van der Waals surface area contributed by atoms with Gasteiger partial charge < -0.3 is 32.1 Å². The molecular formula is C20H34Cl2N4O4. The summed E-state index contributed by atoms with van der Waals surface area (Å²) in [5.41, 5.74) is 2.63. The fourth-order valence-corrected chi connectivity index (χ4v) is 3.55. The number of nitrogens with one attached hydrogen (secondary N) is 1. The molecule has 1 aromatic rings. The van der Waals surface area contributed by atoms with Crippen LogP contribution < -0.4 is 12.4 Å². The molecule has 1 atom stereocenters. The van der Waals surface area contributed by atoms with E-state index >= 15 is 0 Å². The Hall–Kier alpha value is -1.45. The molecule has 2 aliphatic rings. The number of amides is 1. The van der Waals surface area contributed by atoms with Crippen molar-refractivity contribution in [2.75, 3.05) is 60.0 Å². The molecule has 2 N–H and O–H groups in total. The van der Waals surface area contributed by atoms with Gasteiger partial charge in [-0.2, -0.15) is 0 Å². The van der Waals surface area contributed by atoms with E-state index in [0.717, 1.165) is 37.9 Å². The van der Waals surface area contributed by atoms with Gasteiger partial charge in [0.25, 0.3) is 5.91 Å². The molecule has 3 rings (SSSR count). The van der Waals surface area contributed by atoms with Gasteiger partial charge in [-0.05, 0) is 25.3 Å². The molecule has 0 radical (unpaired) electrons. The van der Waals surface area contributed by atoms with Crippen LogP contribution in [0.3, 0.4) is 0 Å². The molecule has 0 aliphatic carbocycles. The SMILES string of the molecule is C=[N+](C)C.Cc1c(C=O)[nH]c2c1C(=O)N(C[C@H](O)CN1CCOCC1)CCC2.Cl.[Cl-]. The molecule has 0 unspecified atom stereocenters. The number of morpholine rings is 1. The number of β-amino-alcohol motifs (C(OH)–C–C–N with tert-alkyl or cyclic N) is 1. The Morgan fingerprint density at radius 2 is 1.87 bits per heavy atom. The third-order valence-electron chi connectivity index (χ3n) is 4.84. The molecule has 3 heterocycles. The average Bonchev–Trinajstić information content (AvgIpc) is 2.87. The van der Waals surface area contributed by atoms with E-state index in [4.69, 9.17) is 4.74 Å². The maximum Gasteiger partial charge on any atom is 0.256 e. The summed E-state index contributed by atoms with van der Waals surface area (Å²) in [4.78, 5) is 30.9. The summed E-state index contributed by atoms with van der Waals surface area (Å²) >= 11 is 0. The molecule has 0 saturated carbocycles. The normalized spacial score (nSPS) is 17.3. The number of hydrogen-bond acceptors (Lipinski definition) is 5. The summed E-state index contributed by atoms with van der Waals surface area (Å²) < 4.78 is 7.06. The van der Waals surface area contributed by atoms with Crippen molar-refractivity contribution in [1.82, 2.24) is 14.8 Å². The minimum absolute atomic E-state index is 0. The number of carbonyl (C=O) groups is 2. The van der Waals surface area contributed by atoms with Crippen LogP contribution in [-0.4, -0.2) is 110 Å². The number of hydrogen-bond donors (Lipinski definition) is 2. The second-order valence-electron chi connectivity index (χ2n) is 7.64. The predicted molar refractivity (Wildman–Crippen MR) is 115 cm³/mol. The number of ether oxygens (including phenoxy) is 1. The van der Waals surface area contributed by atoms with Crippen molar-refractivity contribution in [3.05, 3.63) is 22.5 Å². The first-order chi connectivity index (χ1) is 13.3. The van der Waals surface area contributed by atoms with E-state index in [1.165, 1.54) is 0 Å². The Morgan fingerprint density at radius 1 is 1.27 bits per heavy atom. The largest absolute Gasteiger partial charge is 1.00 e. The van der Waals surface area contributed by atoms with Gasteiger partial charge in [0.1, 0.15) is 20.8 Å². The molecule has 10 heteroatoms. The zero-order chi connectivity index (χ0) is 20.7. The molecule has 1 amide bonds. The van der Waals surface area contributed by atoms with E-state index in [0.29, 0.717) is 49.7 Å². The van der Waals surface area contributed by atoms with Crippen LogP contribution in [0, 0.1) is 6.92 Å². The van der Waals surface area contributed by atoms with E-state index < -0.39 is 6.10 Å². The zero-order valence-electron chi connectivity index (χ0n) is 18.0. The van der Waals surface area contributed by atoms with E-state index in [9.17, 15) is 14.7 Å². The molecule has 0 spiro atoms. The number of aldehydes is 1. The van der Waals surface area contributed by atoms with Crippen molar-refractivity contribution < 1.29 is 36.4 Å². The lowest BCUT2D eigenvalue weighted by atomic mass is 10.1. The van der Waals surface area contributed by atoms with Gasteiger partial charge in [0, 0.05) is 38.4 Å². The van der Waals surface area contributed by atoms with Crippen molar-refractivity contribution in [2.45, 2.75) is 25.9 Å². The molecular weight excluding hydrogens is 431 g/mol. The van der Waals surface area contributed by atoms with Gasteiger partial charge in [0.15, 0.2) is 6.29 Å². The number of aliphatic hydroxyl groups is 1. The van der Waals surface area contributed by atoms with Crippen LogP contribution in [0.25, 0.3) is 0 Å². The van der Waals surface area contributed by atoms with Gasteiger partial charge in [0.05, 0.1) is 30.6 Å². The number of rotatable bonds is 5. The van der Waals surface area contributed by atoms with Crippen LogP contribution in [0.2, 0.25) is 0 Å². The van der Waals surface area contributed by atoms with Crippen LogP contribution in [-0.2, 0) is 11.2 Å². The van der Waals surface area contributed by atoms with Crippen LogP contribution in [0.1, 0.15) is 38.5 Å². The van der Waals surface area contributed by atoms with E-state index in [1.807, 2.05) is 14.1 Å². The first kappa shape index (κ1) is 28.5. The Labute approximate surface area is 191 Å². The van der Waals surface area contributed by atoms with Gasteiger partial charge >= 0.3 is 0 Å². The molecule has 8 nitrogen and oxygen atoms in total. The quantitative estimate of drug-likeness (QED) is 0.288. The summed E-state index contributed by atoms with van der Waals surface area (Å²) in [6.07, 6.45) is 1.74. The maximum atomic E-state index is 12.9. The molecule has 1 fully saturated rings. The smallest absolute Gasteiger partial charge is 0.256 e. The first-order valence-corrected chi connectivity index (χ1v) is 9.75. The van der Waals surface area contributed by atoms with Crippen LogP contribution in [0.15, 0.2) is 0 Å². The fraction of sp³-hybridized carbons (Fsp3) is 0.650. The number of aromatic nitrogens is 1. The predicted octanol–water partition coefficient (Wildman–Crippen LogP) is -2.40. The van der Waals surface area contributed by atoms with Crippen LogP contribution >= 0.6 is 12.4 Å². The Kier molecular flexibility index (Phi) is 13.1. The monoisotopic (exact) mass is 464 g/mol. The Balaban J connectivity index is 0.00000129. The summed E-state index contributed by atoms with van der Waals surface area (Å²) in [6.45, 7) is 9.76. The standard InChI is InChI=1S/C17H25N3O4.C3H8N.2ClH/c1-12-15(11-21)18-14-3-2-4-20(17(23)16(12)14)10-13(22)9-19-5-7-24-8-6-19;1-4(2)3;;/h11,13,18,22H,2-10H2,1H3;1H2,2-3H3;2*1H/q;+1;;/p-1/t13-;;;/m1.../s1. The van der Waals surface area contributed by atoms with Crippen molar-refractivity contribution in [1.29, 1.82) is 0 Å². The average molecular weight is 465 g/mol. The van der Waals surface area contributed by atoms with Crippen molar-refractivity contribution in [3.63, 3.8) is 0 Å². The topological polar surface area (TPSA) is 88.9 Å². The van der Waals surface area contributed by atoms with Crippen molar-refractivity contribution >= 4 is 31.3 Å². The van der Waals surface area contributed by atoms with Gasteiger partial charge in [-0.1, -0.05) is 0 Å². The van der Waals surface area contributed by atoms with E-state index in [2.05, 4.69) is 16.6 Å². The zero-order valence-corrected chi connectivity index (χ0v) is 19.6. The summed E-state index contributed by atoms with van der Waals surface area (Å²) in [7, 11) is 3.78. The summed E-state index contributed by atoms with van der Waals surface area (Å²) in [6, 6.07) is 0. The lowest BCUT2D eigenvalue weighted by molar-refractivity contribution is -0.454. The lowest BCUT2D eigenvalue weighted by Gasteiger charge is -2.31. The van der Waals surface area contributed by atoms with E-state index in [1.54, 1.807) is 16.4 Å². The van der Waals surface area contributed by atoms with Crippen LogP contribution in [0.4, 0.5) is 0 Å². The number of fused-ring (bicyclic) bond motifs is 1. The number of carbonyl (C=O) groups excluding carboxylic acids is 2. The third kappa shape index (κ3) is 8.00. The summed E-state index contributed by atoms with van der Waals surface area (Å²) in [5.74, 6) is -0.0922. The van der Waals surface area contributed by atoms with Crippen molar-refractivity contribution in [3.8, 4) is 0 Å². The number of H-pyrrole nitrogens is 1. The first-order valence-electron chi connectivity index (χ1n) is 9.75. The van der Waals surface area contributed by atoms with Gasteiger partial charge in [-0.15, -0.1) is 12.4 Å². The van der Waals surface area contributed by atoms with Crippen LogP contribution in [0.5, 0.6) is 0 Å². The van der Waals surface area contributed by atoms with Gasteiger partial charge in [-0.3, -0.25) is 14.5 Å². The molecule has 0 bridgehead atoms. The third-order valence-corrected chi connectivity index (χ3v) is 4.84. The number of halogens is 2. The fourth-order valence-electron chi connectivity index (χ4n) is 3.55. The second kappa shape index (κ2) is 13.8.